The number of rotatable bonds is 17. The average molecular weight is 574 g/mol. The molecule has 0 aliphatic rings. The lowest BCUT2D eigenvalue weighted by Crippen LogP contribution is -2.76. The molecule has 0 aromatic carbocycles. The van der Waals surface area contributed by atoms with Crippen LogP contribution in [0, 0.1) is 5.92 Å². The van der Waals surface area contributed by atoms with Crippen molar-refractivity contribution in [3.8, 4) is 0 Å². The van der Waals surface area contributed by atoms with Gasteiger partial charge < -0.3 is 35.5 Å². The van der Waals surface area contributed by atoms with Crippen molar-refractivity contribution >= 4 is 35.1 Å². The molecule has 0 fully saturated rings. The Morgan fingerprint density at radius 1 is 0.850 bits per heavy atom. The fourth-order valence-electron chi connectivity index (χ4n) is 4.78. The van der Waals surface area contributed by atoms with E-state index < -0.39 is 70.1 Å². The third-order valence-electron chi connectivity index (χ3n) is 7.84. The van der Waals surface area contributed by atoms with Gasteiger partial charge in [-0.25, -0.2) is 4.79 Å². The highest BCUT2D eigenvalue weighted by atomic mass is 16.4. The van der Waals surface area contributed by atoms with Gasteiger partial charge in [-0.1, -0.05) is 40.0 Å². The Morgan fingerprint density at radius 3 is 1.65 bits per heavy atom. The molecule has 5 N–H and O–H groups in total. The number of aliphatic carboxylic acids is 1. The molecule has 0 rings (SSSR count). The zero-order chi connectivity index (χ0) is 32.0. The number of aliphatic hydroxyl groups is 3. The van der Waals surface area contributed by atoms with Crippen molar-refractivity contribution in [2.24, 2.45) is 5.92 Å². The fraction of sp³-hybridized carbons (Fsp3) is 0.778. The molecule has 7 atom stereocenters. The van der Waals surface area contributed by atoms with Gasteiger partial charge in [0.2, 0.25) is 11.4 Å². The molecule has 0 bridgehead atoms. The predicted molar refractivity (Wildman–Crippen MR) is 145 cm³/mol. The maximum Gasteiger partial charge on any atom is 0.343 e. The molecular formula is C27H47N3O10. The second kappa shape index (κ2) is 14.2. The van der Waals surface area contributed by atoms with E-state index in [0.29, 0.717) is 24.7 Å². The van der Waals surface area contributed by atoms with Gasteiger partial charge in [0.25, 0.3) is 11.8 Å². The third kappa shape index (κ3) is 6.76. The summed E-state index contributed by atoms with van der Waals surface area (Å²) >= 11 is 0. The first kappa shape index (κ1) is 37.3. The summed E-state index contributed by atoms with van der Waals surface area (Å²) in [4.78, 5) is 82.6. The van der Waals surface area contributed by atoms with Gasteiger partial charge in [-0.05, 0) is 47.1 Å². The van der Waals surface area contributed by atoms with Crippen molar-refractivity contribution in [2.75, 3.05) is 21.1 Å². The van der Waals surface area contributed by atoms with Crippen LogP contribution in [-0.2, 0) is 28.8 Å². The third-order valence-corrected chi connectivity index (χ3v) is 7.84. The summed E-state index contributed by atoms with van der Waals surface area (Å²) in [6, 6.07) is -1.05. The number of ketones is 3. The summed E-state index contributed by atoms with van der Waals surface area (Å²) < 4.78 is 0. The molecule has 0 spiro atoms. The van der Waals surface area contributed by atoms with Crippen molar-refractivity contribution in [1.82, 2.24) is 15.1 Å². The second-order valence-corrected chi connectivity index (χ2v) is 10.7. The molecule has 0 aromatic heterocycles. The minimum atomic E-state index is -3.22. The number of carboxylic acids is 1. The van der Waals surface area contributed by atoms with Gasteiger partial charge in [-0.15, -0.1) is 0 Å². The Kier molecular flexibility index (Phi) is 13.3. The molecule has 0 radical (unpaired) electrons. The Labute approximate surface area is 235 Å². The SMILES string of the molecule is CCCC[C@@](C(=O)[C@@H](NC)[C@@H](C)CC)(C(=O)[C@](C)(C(=O)[C@](C)(O)C(=O)O)N(C)C(=O)[C@@H](C)O)N(C)C(=O)[C@@H](C)O. The topological polar surface area (TPSA) is 202 Å². The molecule has 13 nitrogen and oxygen atoms in total. The number of amides is 2. The van der Waals surface area contributed by atoms with Crippen LogP contribution in [-0.4, -0.2) is 121 Å². The van der Waals surface area contributed by atoms with Gasteiger partial charge in [0, 0.05) is 14.1 Å². The van der Waals surface area contributed by atoms with E-state index in [1.807, 2.05) is 0 Å². The van der Waals surface area contributed by atoms with Crippen molar-refractivity contribution in [2.45, 2.75) is 109 Å². The minimum Gasteiger partial charge on any atom is -0.479 e. The first-order valence-corrected chi connectivity index (χ1v) is 13.4. The van der Waals surface area contributed by atoms with Gasteiger partial charge in [0.05, 0.1) is 6.04 Å². The number of carbonyl (C=O) groups is 6. The van der Waals surface area contributed by atoms with Crippen molar-refractivity contribution in [1.29, 1.82) is 0 Å². The molecule has 0 aliphatic heterocycles. The van der Waals surface area contributed by atoms with Crippen LogP contribution in [0.3, 0.4) is 0 Å². The van der Waals surface area contributed by atoms with Crippen LogP contribution in [0.5, 0.6) is 0 Å². The number of hydrogen-bond acceptors (Lipinski definition) is 10. The lowest BCUT2D eigenvalue weighted by atomic mass is 9.67. The lowest BCUT2D eigenvalue weighted by molar-refractivity contribution is -0.177. The highest BCUT2D eigenvalue weighted by molar-refractivity contribution is 6.29. The maximum atomic E-state index is 14.9. The lowest BCUT2D eigenvalue weighted by Gasteiger charge is -2.49. The van der Waals surface area contributed by atoms with Crippen LogP contribution in [0.25, 0.3) is 0 Å². The highest BCUT2D eigenvalue weighted by Crippen LogP contribution is 2.37. The molecule has 0 saturated heterocycles. The molecule has 40 heavy (non-hydrogen) atoms. The molecule has 2 amide bonds. The Hall–Kier alpha value is -2.74. The van der Waals surface area contributed by atoms with Crippen LogP contribution in [0.15, 0.2) is 0 Å². The van der Waals surface area contributed by atoms with E-state index >= 15 is 0 Å². The van der Waals surface area contributed by atoms with E-state index in [4.69, 9.17) is 0 Å². The smallest absolute Gasteiger partial charge is 0.343 e. The molecular weight excluding hydrogens is 526 g/mol. The van der Waals surface area contributed by atoms with Gasteiger partial charge >= 0.3 is 5.97 Å². The number of unbranched alkanes of at least 4 members (excludes halogenated alkanes) is 1. The monoisotopic (exact) mass is 573 g/mol. The van der Waals surface area contributed by atoms with Gasteiger partial charge in [-0.3, -0.25) is 24.0 Å². The van der Waals surface area contributed by atoms with Crippen LogP contribution in [0.4, 0.5) is 0 Å². The summed E-state index contributed by atoms with van der Waals surface area (Å²) in [5.74, 6) is -8.50. The summed E-state index contributed by atoms with van der Waals surface area (Å²) in [5.41, 5.74) is -8.60. The zero-order valence-corrected chi connectivity index (χ0v) is 25.3. The number of carboxylic acid groups (broad SMARTS) is 1. The molecule has 0 saturated carbocycles. The van der Waals surface area contributed by atoms with E-state index in [9.17, 15) is 49.2 Å². The quantitative estimate of drug-likeness (QED) is 0.141. The average Bonchev–Trinajstić information content (AvgIpc) is 2.90. The van der Waals surface area contributed by atoms with Crippen molar-refractivity contribution < 1.29 is 49.2 Å². The predicted octanol–water partition coefficient (Wildman–Crippen LogP) is -0.470. The largest absolute Gasteiger partial charge is 0.479 e. The van der Waals surface area contributed by atoms with Crippen LogP contribution in [0.1, 0.15) is 74.1 Å². The molecule has 0 aromatic rings. The van der Waals surface area contributed by atoms with E-state index in [1.165, 1.54) is 7.05 Å². The number of nitrogens with one attached hydrogen (secondary N) is 1. The normalized spacial score (nSPS) is 19.0. The highest BCUT2D eigenvalue weighted by Gasteiger charge is 2.65. The van der Waals surface area contributed by atoms with Gasteiger partial charge in [0.1, 0.15) is 12.2 Å². The second-order valence-electron chi connectivity index (χ2n) is 10.7. The van der Waals surface area contributed by atoms with Crippen molar-refractivity contribution in [3.63, 3.8) is 0 Å². The molecule has 0 aliphatic carbocycles. The number of Topliss-reactive ketones (excluding diaryl/α,β-unsaturated/α-hetero) is 3. The van der Waals surface area contributed by atoms with Crippen LogP contribution >= 0.6 is 0 Å². The number of nitrogens with zero attached hydrogens (tertiary/aromatic N) is 2. The molecule has 0 heterocycles. The molecule has 13 heteroatoms. The van der Waals surface area contributed by atoms with Crippen LogP contribution < -0.4 is 5.32 Å². The number of hydrogen-bond donors (Lipinski definition) is 5. The van der Waals surface area contributed by atoms with E-state index in [1.54, 1.807) is 20.8 Å². The Balaban J connectivity index is 8.06. The maximum absolute atomic E-state index is 14.9. The van der Waals surface area contributed by atoms with Crippen LogP contribution in [0.2, 0.25) is 0 Å². The minimum absolute atomic E-state index is 0.166. The summed E-state index contributed by atoms with van der Waals surface area (Å²) in [6.07, 6.45) is -2.73. The van der Waals surface area contributed by atoms with Gasteiger partial charge in [-0.2, -0.15) is 0 Å². The van der Waals surface area contributed by atoms with E-state index in [2.05, 4.69) is 5.32 Å². The number of aliphatic hydroxyl groups excluding tert-OH is 2. The molecule has 0 unspecified atom stereocenters. The van der Waals surface area contributed by atoms with Crippen molar-refractivity contribution in [3.05, 3.63) is 0 Å². The number of carbonyl (C=O) groups excluding carboxylic acids is 5. The van der Waals surface area contributed by atoms with E-state index in [0.717, 1.165) is 39.8 Å². The summed E-state index contributed by atoms with van der Waals surface area (Å²) in [7, 11) is 3.54. The van der Waals surface area contributed by atoms with E-state index in [-0.39, 0.29) is 18.8 Å². The molecule has 230 valence electrons. The van der Waals surface area contributed by atoms with Gasteiger partial charge in [0.15, 0.2) is 22.6 Å². The first-order valence-electron chi connectivity index (χ1n) is 13.4. The number of likely N-dealkylation sites (N-methyl/N-ethyl adjacent to an activating group) is 3. The standard InChI is InChI=1S/C27H47N3O10/c1-11-13-14-27(30(10)21(35)17(5)32,19(33)18(28-8)15(3)12-2)23(37)25(6,29(9)20(34)16(4)31)22(36)26(7,40)24(38)39/h15-18,28,31-32,40H,11-14H2,1-10H3,(H,38,39)/t15-,16+,17+,18-,25-,26-,27+/m0/s1. The first-order chi connectivity index (χ1) is 18.2. The summed E-state index contributed by atoms with van der Waals surface area (Å²) in [6.45, 7) is 8.97. The fourth-order valence-corrected chi connectivity index (χ4v) is 4.78. The zero-order valence-electron chi connectivity index (χ0n) is 25.3. The summed E-state index contributed by atoms with van der Waals surface area (Å²) in [5, 5.41) is 43.4. The Morgan fingerprint density at radius 2 is 1.30 bits per heavy atom. The Bertz CT molecular complexity index is 980.